The molecule has 29 heavy (non-hydrogen) atoms. The van der Waals surface area contributed by atoms with E-state index in [-0.39, 0.29) is 21.4 Å². The molecule has 6 nitrogen and oxygen atoms in total. The maximum Gasteiger partial charge on any atom is 0.262 e. The zero-order valence-corrected chi connectivity index (χ0v) is 16.5. The van der Waals surface area contributed by atoms with Crippen molar-refractivity contribution in [3.8, 4) is 5.75 Å². The van der Waals surface area contributed by atoms with Gasteiger partial charge in [0.1, 0.15) is 0 Å². The molecule has 0 saturated heterocycles. The number of halogens is 2. The van der Waals surface area contributed by atoms with Crippen molar-refractivity contribution in [2.45, 2.75) is 4.90 Å². The molecule has 0 fully saturated rings. The fourth-order valence-electron chi connectivity index (χ4n) is 2.37. The lowest BCUT2D eigenvalue weighted by atomic mass is 10.3. The Bertz CT molecular complexity index is 1120. The highest BCUT2D eigenvalue weighted by Crippen LogP contribution is 2.24. The zero-order valence-electron chi connectivity index (χ0n) is 14.9. The molecule has 3 aromatic carbocycles. The molecule has 150 valence electrons. The number of carbonyl (C=O) groups excluding carboxylic acids is 1. The van der Waals surface area contributed by atoms with Crippen LogP contribution in [-0.4, -0.2) is 20.9 Å². The molecule has 0 saturated carbocycles. The van der Waals surface area contributed by atoms with Crippen molar-refractivity contribution in [3.05, 3.63) is 83.6 Å². The summed E-state index contributed by atoms with van der Waals surface area (Å²) in [6.07, 6.45) is 0. The summed E-state index contributed by atoms with van der Waals surface area (Å²) in [5, 5.41) is 2.82. The van der Waals surface area contributed by atoms with Gasteiger partial charge < -0.3 is 10.1 Å². The maximum absolute atomic E-state index is 13.5. The van der Waals surface area contributed by atoms with Crippen molar-refractivity contribution >= 4 is 38.9 Å². The van der Waals surface area contributed by atoms with Gasteiger partial charge in [-0.1, -0.05) is 35.9 Å². The number of hydrogen-bond acceptors (Lipinski definition) is 4. The topological polar surface area (TPSA) is 84.5 Å². The van der Waals surface area contributed by atoms with Crippen molar-refractivity contribution in [2.24, 2.45) is 0 Å². The maximum atomic E-state index is 13.5. The number of rotatable bonds is 7. The van der Waals surface area contributed by atoms with Crippen LogP contribution in [0, 0.1) is 5.82 Å². The summed E-state index contributed by atoms with van der Waals surface area (Å²) >= 11 is 5.97. The first-order chi connectivity index (χ1) is 13.8. The molecule has 0 radical (unpaired) electrons. The molecule has 0 aliphatic carbocycles. The monoisotopic (exact) mass is 434 g/mol. The van der Waals surface area contributed by atoms with E-state index in [9.17, 15) is 17.6 Å². The van der Waals surface area contributed by atoms with Crippen molar-refractivity contribution in [2.75, 3.05) is 16.6 Å². The Morgan fingerprint density at radius 3 is 2.31 bits per heavy atom. The summed E-state index contributed by atoms with van der Waals surface area (Å²) in [7, 11) is -3.85. The van der Waals surface area contributed by atoms with Crippen LogP contribution in [0.15, 0.2) is 77.7 Å². The van der Waals surface area contributed by atoms with Gasteiger partial charge in [-0.15, -0.1) is 0 Å². The number of amides is 1. The minimum absolute atomic E-state index is 0.00183. The number of para-hydroxylation sites is 2. The second kappa shape index (κ2) is 8.93. The first kappa shape index (κ1) is 20.6. The molecule has 0 aliphatic heterocycles. The van der Waals surface area contributed by atoms with Gasteiger partial charge in [-0.25, -0.2) is 12.8 Å². The number of ether oxygens (including phenoxy) is 1. The van der Waals surface area contributed by atoms with Gasteiger partial charge in [-0.3, -0.25) is 9.52 Å². The van der Waals surface area contributed by atoms with Crippen LogP contribution in [0.25, 0.3) is 0 Å². The third kappa shape index (κ3) is 5.46. The second-order valence-electron chi connectivity index (χ2n) is 5.88. The van der Waals surface area contributed by atoms with Gasteiger partial charge in [-0.2, -0.15) is 0 Å². The normalized spacial score (nSPS) is 11.0. The molecule has 2 N–H and O–H groups in total. The molecule has 0 spiro atoms. The Labute approximate surface area is 172 Å². The number of nitrogens with one attached hydrogen (secondary N) is 2. The van der Waals surface area contributed by atoms with E-state index in [0.717, 1.165) is 0 Å². The molecular weight excluding hydrogens is 419 g/mol. The third-order valence-corrected chi connectivity index (χ3v) is 5.47. The highest BCUT2D eigenvalue weighted by atomic mass is 35.5. The van der Waals surface area contributed by atoms with Gasteiger partial charge >= 0.3 is 0 Å². The standard InChI is InChI=1S/C20H16ClFN2O4S/c21-16-5-1-3-7-18(16)24-29(26,27)15-11-9-14(10-12-15)23-20(25)13-28-19-8-4-2-6-17(19)22/h1-12,24H,13H2,(H,23,25). The van der Waals surface area contributed by atoms with E-state index in [1.807, 2.05) is 0 Å². The van der Waals surface area contributed by atoms with Crippen LogP contribution in [-0.2, 0) is 14.8 Å². The molecular formula is C20H16ClFN2O4S. The van der Waals surface area contributed by atoms with Crippen LogP contribution in [0.5, 0.6) is 5.75 Å². The summed E-state index contributed by atoms with van der Waals surface area (Å²) in [5.41, 5.74) is 0.626. The van der Waals surface area contributed by atoms with Gasteiger partial charge in [0.2, 0.25) is 0 Å². The first-order valence-corrected chi connectivity index (χ1v) is 10.3. The number of carbonyl (C=O) groups is 1. The van der Waals surface area contributed by atoms with Gasteiger partial charge in [0.15, 0.2) is 18.2 Å². The van der Waals surface area contributed by atoms with Crippen molar-refractivity contribution < 1.29 is 22.3 Å². The summed E-state index contributed by atoms with van der Waals surface area (Å²) in [5.74, 6) is -1.12. The van der Waals surface area contributed by atoms with Crippen LogP contribution in [0.4, 0.5) is 15.8 Å². The molecule has 0 heterocycles. The van der Waals surface area contributed by atoms with Gasteiger partial charge in [0, 0.05) is 5.69 Å². The van der Waals surface area contributed by atoms with Crippen molar-refractivity contribution in [1.29, 1.82) is 0 Å². The van der Waals surface area contributed by atoms with E-state index in [4.69, 9.17) is 16.3 Å². The average Bonchev–Trinajstić information content (AvgIpc) is 2.69. The van der Waals surface area contributed by atoms with Crippen LogP contribution in [0.2, 0.25) is 5.02 Å². The molecule has 0 unspecified atom stereocenters. The highest BCUT2D eigenvalue weighted by Gasteiger charge is 2.16. The van der Waals surface area contributed by atoms with E-state index in [1.165, 1.54) is 42.5 Å². The average molecular weight is 435 g/mol. The molecule has 0 aliphatic rings. The van der Waals surface area contributed by atoms with Gasteiger partial charge in [0.25, 0.3) is 15.9 Å². The molecule has 3 aromatic rings. The minimum atomic E-state index is -3.85. The Balaban J connectivity index is 1.61. The van der Waals surface area contributed by atoms with E-state index in [1.54, 1.807) is 30.3 Å². The Morgan fingerprint density at radius 1 is 0.966 bits per heavy atom. The third-order valence-electron chi connectivity index (χ3n) is 3.76. The van der Waals surface area contributed by atoms with Crippen LogP contribution in [0.3, 0.4) is 0 Å². The van der Waals surface area contributed by atoms with E-state index >= 15 is 0 Å². The number of anilines is 2. The fraction of sp³-hybridized carbons (Fsp3) is 0.0500. The van der Waals surface area contributed by atoms with Crippen LogP contribution >= 0.6 is 11.6 Å². The van der Waals surface area contributed by atoms with Crippen LogP contribution < -0.4 is 14.8 Å². The fourth-order valence-corrected chi connectivity index (χ4v) is 3.69. The first-order valence-electron chi connectivity index (χ1n) is 8.40. The summed E-state index contributed by atoms with van der Waals surface area (Å²) in [6, 6.07) is 17.7. The predicted octanol–water partition coefficient (Wildman–Crippen LogP) is 4.30. The number of benzene rings is 3. The summed E-state index contributed by atoms with van der Waals surface area (Å²) in [6.45, 7) is -0.394. The van der Waals surface area contributed by atoms with Gasteiger partial charge in [0.05, 0.1) is 15.6 Å². The highest BCUT2D eigenvalue weighted by molar-refractivity contribution is 7.92. The summed E-state index contributed by atoms with van der Waals surface area (Å²) < 4.78 is 45.9. The lowest BCUT2D eigenvalue weighted by Gasteiger charge is -2.11. The van der Waals surface area contributed by atoms with Crippen molar-refractivity contribution in [3.63, 3.8) is 0 Å². The number of hydrogen-bond donors (Lipinski definition) is 2. The largest absolute Gasteiger partial charge is 0.481 e. The molecule has 0 bridgehead atoms. The minimum Gasteiger partial charge on any atom is -0.481 e. The Hall–Kier alpha value is -3.10. The Morgan fingerprint density at radius 2 is 1.62 bits per heavy atom. The lowest BCUT2D eigenvalue weighted by Crippen LogP contribution is -2.20. The molecule has 1 amide bonds. The molecule has 3 rings (SSSR count). The molecule has 0 atom stereocenters. The van der Waals surface area contributed by atoms with Crippen LogP contribution in [0.1, 0.15) is 0 Å². The zero-order chi connectivity index (χ0) is 20.9. The van der Waals surface area contributed by atoms with E-state index < -0.39 is 28.4 Å². The summed E-state index contributed by atoms with van der Waals surface area (Å²) in [4.78, 5) is 12.0. The SMILES string of the molecule is O=C(COc1ccccc1F)Nc1ccc(S(=O)(=O)Nc2ccccc2Cl)cc1. The smallest absolute Gasteiger partial charge is 0.262 e. The van der Waals surface area contributed by atoms with Gasteiger partial charge in [-0.05, 0) is 48.5 Å². The van der Waals surface area contributed by atoms with Crippen molar-refractivity contribution in [1.82, 2.24) is 0 Å². The number of sulfonamides is 1. The predicted molar refractivity (Wildman–Crippen MR) is 109 cm³/mol. The lowest BCUT2D eigenvalue weighted by molar-refractivity contribution is -0.118. The second-order valence-corrected chi connectivity index (χ2v) is 7.97. The molecule has 9 heteroatoms. The molecule has 0 aromatic heterocycles. The quantitative estimate of drug-likeness (QED) is 0.580. The van der Waals surface area contributed by atoms with E-state index in [2.05, 4.69) is 10.0 Å². The van der Waals surface area contributed by atoms with E-state index in [0.29, 0.717) is 5.69 Å². The Kier molecular flexibility index (Phi) is 6.36.